The van der Waals surface area contributed by atoms with Crippen molar-refractivity contribution in [1.82, 2.24) is 9.73 Å². The van der Waals surface area contributed by atoms with Gasteiger partial charge in [-0.15, -0.1) is 0 Å². The van der Waals surface area contributed by atoms with Crippen LogP contribution in [0, 0.1) is 0 Å². The minimum absolute atomic E-state index is 0.0364. The number of nitrogens with one attached hydrogen (secondary N) is 2. The summed E-state index contributed by atoms with van der Waals surface area (Å²) in [4.78, 5) is 24.3. The Morgan fingerprint density at radius 1 is 0.905 bits per heavy atom. The summed E-state index contributed by atoms with van der Waals surface area (Å²) >= 11 is 18.1. The van der Waals surface area contributed by atoms with Gasteiger partial charge in [0.05, 0.1) is 34.8 Å². The van der Waals surface area contributed by atoms with Crippen LogP contribution in [0.4, 0.5) is 5.69 Å². The van der Waals surface area contributed by atoms with Crippen molar-refractivity contribution in [3.8, 4) is 5.75 Å². The van der Waals surface area contributed by atoms with Gasteiger partial charge >= 0.3 is 11.8 Å². The van der Waals surface area contributed by atoms with Crippen molar-refractivity contribution in [2.75, 3.05) is 12.4 Å². The molecule has 3 aromatic carbocycles. The second kappa shape index (κ2) is 13.9. The number of amides is 2. The lowest BCUT2D eigenvalue weighted by Crippen LogP contribution is -2.32. The van der Waals surface area contributed by atoms with E-state index in [9.17, 15) is 18.0 Å². The third-order valence-corrected chi connectivity index (χ3v) is 8.52. The molecule has 0 saturated carbocycles. The smallest absolute Gasteiger partial charge is 0.329 e. The van der Waals surface area contributed by atoms with Gasteiger partial charge in [-0.1, -0.05) is 40.9 Å². The van der Waals surface area contributed by atoms with Crippen molar-refractivity contribution in [2.45, 2.75) is 18.0 Å². The number of halogens is 3. The van der Waals surface area contributed by atoms with Gasteiger partial charge in [0.15, 0.2) is 0 Å². The standard InChI is InChI=1S/C28H23Cl3N4O6S/c1-40-21-7-5-20(6-8-21)33-27(36)28(37)34-32-15-22-9-10-23(41-22)17-35(16-18-2-13-25(30)26(31)14-18)42(38,39)24-11-3-19(29)4-12-24/h2-15H,16-17H2,1H3,(H,33,36)(H,34,37)/b32-15+. The van der Waals surface area contributed by atoms with Crippen LogP contribution in [0.5, 0.6) is 5.75 Å². The summed E-state index contributed by atoms with van der Waals surface area (Å²) in [7, 11) is -2.49. The van der Waals surface area contributed by atoms with Crippen molar-refractivity contribution >= 4 is 68.5 Å². The molecule has 2 amide bonds. The predicted octanol–water partition coefficient (Wildman–Crippen LogP) is 5.73. The molecule has 0 radical (unpaired) electrons. The third kappa shape index (κ3) is 8.11. The Kier molecular flexibility index (Phi) is 10.3. The van der Waals surface area contributed by atoms with Gasteiger partial charge < -0.3 is 14.5 Å². The number of hydrogen-bond acceptors (Lipinski definition) is 7. The molecule has 42 heavy (non-hydrogen) atoms. The van der Waals surface area contributed by atoms with E-state index in [4.69, 9.17) is 44.0 Å². The van der Waals surface area contributed by atoms with E-state index in [-0.39, 0.29) is 34.5 Å². The fourth-order valence-electron chi connectivity index (χ4n) is 3.61. The number of nitrogens with zero attached hydrogens (tertiary/aromatic N) is 2. The fourth-order valence-corrected chi connectivity index (χ4v) is 5.45. The van der Waals surface area contributed by atoms with Crippen LogP contribution in [0.1, 0.15) is 17.1 Å². The van der Waals surface area contributed by atoms with Gasteiger partial charge in [-0.2, -0.15) is 9.41 Å². The quantitative estimate of drug-likeness (QED) is 0.128. The average Bonchev–Trinajstić information content (AvgIpc) is 3.42. The van der Waals surface area contributed by atoms with Crippen molar-refractivity contribution in [3.63, 3.8) is 0 Å². The molecule has 0 spiro atoms. The molecule has 0 fully saturated rings. The van der Waals surface area contributed by atoms with Crippen molar-refractivity contribution in [1.29, 1.82) is 0 Å². The molecule has 0 aliphatic heterocycles. The summed E-state index contributed by atoms with van der Waals surface area (Å²) in [6.07, 6.45) is 1.18. The fraction of sp³-hybridized carbons (Fsp3) is 0.107. The van der Waals surface area contributed by atoms with Crippen molar-refractivity contribution in [3.05, 3.63) is 111 Å². The number of furan rings is 1. The highest BCUT2D eigenvalue weighted by molar-refractivity contribution is 7.89. The van der Waals surface area contributed by atoms with Crippen LogP contribution in [0.15, 0.2) is 93.3 Å². The number of rotatable bonds is 10. The van der Waals surface area contributed by atoms with E-state index >= 15 is 0 Å². The first-order valence-corrected chi connectivity index (χ1v) is 14.7. The number of benzene rings is 3. The van der Waals surface area contributed by atoms with Crippen LogP contribution < -0.4 is 15.5 Å². The first-order chi connectivity index (χ1) is 20.0. The Labute approximate surface area is 256 Å². The summed E-state index contributed by atoms with van der Waals surface area (Å²) in [5, 5.41) is 7.20. The molecule has 0 bridgehead atoms. The number of methoxy groups -OCH3 is 1. The zero-order valence-corrected chi connectivity index (χ0v) is 25.0. The molecule has 0 aliphatic carbocycles. The monoisotopic (exact) mass is 648 g/mol. The second-order valence-electron chi connectivity index (χ2n) is 8.66. The number of hydrazone groups is 1. The van der Waals surface area contributed by atoms with Gasteiger partial charge in [-0.05, 0) is 78.4 Å². The van der Waals surface area contributed by atoms with Crippen LogP contribution >= 0.6 is 34.8 Å². The SMILES string of the molecule is COc1ccc(NC(=O)C(=O)N/N=C/c2ccc(CN(Cc3ccc(Cl)c(Cl)c3)S(=O)(=O)c3ccc(Cl)cc3)o2)cc1. The highest BCUT2D eigenvalue weighted by Crippen LogP contribution is 2.27. The van der Waals surface area contributed by atoms with Crippen molar-refractivity contribution < 1.29 is 27.2 Å². The highest BCUT2D eigenvalue weighted by atomic mass is 35.5. The molecular formula is C28H23Cl3N4O6S. The largest absolute Gasteiger partial charge is 0.497 e. The Hall–Kier alpha value is -3.87. The predicted molar refractivity (Wildman–Crippen MR) is 160 cm³/mol. The summed E-state index contributed by atoms with van der Waals surface area (Å²) in [5.74, 6) is -0.838. The van der Waals surface area contributed by atoms with Gasteiger partial charge in [0, 0.05) is 17.3 Å². The maximum Gasteiger partial charge on any atom is 0.329 e. The zero-order valence-electron chi connectivity index (χ0n) is 21.9. The molecule has 4 rings (SSSR count). The number of anilines is 1. The molecule has 4 aromatic rings. The second-order valence-corrected chi connectivity index (χ2v) is 11.9. The average molecular weight is 650 g/mol. The van der Waals surface area contributed by atoms with E-state index in [1.165, 1.54) is 48.0 Å². The molecule has 0 atom stereocenters. The number of carbonyl (C=O) groups is 2. The lowest BCUT2D eigenvalue weighted by molar-refractivity contribution is -0.136. The maximum atomic E-state index is 13.5. The van der Waals surface area contributed by atoms with Crippen LogP contribution in [-0.4, -0.2) is 37.9 Å². The van der Waals surface area contributed by atoms with Gasteiger partial charge in [0.1, 0.15) is 17.3 Å². The number of carbonyl (C=O) groups excluding carboxylic acids is 2. The highest BCUT2D eigenvalue weighted by Gasteiger charge is 2.26. The Morgan fingerprint density at radius 3 is 2.29 bits per heavy atom. The molecule has 10 nitrogen and oxygen atoms in total. The zero-order chi connectivity index (χ0) is 30.3. The lowest BCUT2D eigenvalue weighted by Gasteiger charge is -2.22. The molecular weight excluding hydrogens is 627 g/mol. The number of ether oxygens (including phenoxy) is 1. The summed E-state index contributed by atoms with van der Waals surface area (Å²) in [5.41, 5.74) is 3.11. The summed E-state index contributed by atoms with van der Waals surface area (Å²) < 4.78 is 39.1. The van der Waals surface area contributed by atoms with E-state index in [1.54, 1.807) is 48.5 Å². The molecule has 1 aromatic heterocycles. The number of hydrogen-bond donors (Lipinski definition) is 2. The summed E-state index contributed by atoms with van der Waals surface area (Å²) in [6.45, 7) is -0.180. The Balaban J connectivity index is 1.44. The molecule has 0 aliphatic rings. The lowest BCUT2D eigenvalue weighted by atomic mass is 10.2. The van der Waals surface area contributed by atoms with E-state index in [0.29, 0.717) is 27.0 Å². The molecule has 14 heteroatoms. The normalized spacial score (nSPS) is 11.5. The Morgan fingerprint density at radius 2 is 1.62 bits per heavy atom. The molecule has 0 saturated heterocycles. The topological polar surface area (TPSA) is 130 Å². The van der Waals surface area contributed by atoms with Gasteiger partial charge in [0.2, 0.25) is 10.0 Å². The third-order valence-electron chi connectivity index (χ3n) is 5.72. The first kappa shape index (κ1) is 31.1. The van der Waals surface area contributed by atoms with Gasteiger partial charge in [-0.3, -0.25) is 9.59 Å². The molecule has 2 N–H and O–H groups in total. The van der Waals surface area contributed by atoms with Gasteiger partial charge in [0.25, 0.3) is 0 Å². The van der Waals surface area contributed by atoms with Crippen LogP contribution in [-0.2, 0) is 32.7 Å². The number of sulfonamides is 1. The minimum Gasteiger partial charge on any atom is -0.497 e. The molecule has 0 unspecified atom stereocenters. The molecule has 218 valence electrons. The van der Waals surface area contributed by atoms with Crippen LogP contribution in [0.3, 0.4) is 0 Å². The van der Waals surface area contributed by atoms with Crippen molar-refractivity contribution in [2.24, 2.45) is 5.10 Å². The maximum absolute atomic E-state index is 13.5. The van der Waals surface area contributed by atoms with E-state index in [0.717, 1.165) is 0 Å². The molecule has 1 heterocycles. The Bertz CT molecular complexity index is 1710. The van der Waals surface area contributed by atoms with E-state index < -0.39 is 21.8 Å². The summed E-state index contributed by atoms with van der Waals surface area (Å²) in [6, 6.07) is 20.2. The van der Waals surface area contributed by atoms with Gasteiger partial charge in [-0.25, -0.2) is 13.8 Å². The van der Waals surface area contributed by atoms with Crippen LogP contribution in [0.25, 0.3) is 0 Å². The van der Waals surface area contributed by atoms with E-state index in [2.05, 4.69) is 15.8 Å². The minimum atomic E-state index is -4.00. The van der Waals surface area contributed by atoms with E-state index in [1.807, 2.05) is 0 Å². The first-order valence-electron chi connectivity index (χ1n) is 12.1. The van der Waals surface area contributed by atoms with Crippen LogP contribution in [0.2, 0.25) is 15.1 Å².